The van der Waals surface area contributed by atoms with E-state index in [9.17, 15) is 22.8 Å². The first kappa shape index (κ1) is 14.3. The Morgan fingerprint density at radius 2 is 1.58 bits per heavy atom. The normalized spacial score (nSPS) is 35.2. The maximum atomic E-state index is 12.9. The highest BCUT2D eigenvalue weighted by Gasteiger charge is 2.73. The van der Waals surface area contributed by atoms with Crippen molar-refractivity contribution in [2.75, 3.05) is 4.90 Å². The average Bonchev–Trinajstić information content (AvgIpc) is 3.12. The van der Waals surface area contributed by atoms with Crippen molar-refractivity contribution < 1.29 is 22.8 Å². The summed E-state index contributed by atoms with van der Waals surface area (Å²) < 4.78 is 38.8. The first-order valence-electron chi connectivity index (χ1n) is 8.08. The summed E-state index contributed by atoms with van der Waals surface area (Å²) in [6.07, 6.45) is 1.65. The molecule has 1 saturated heterocycles. The number of benzene rings is 1. The summed E-state index contributed by atoms with van der Waals surface area (Å²) in [5.74, 6) is -1.34. The molecule has 0 N–H and O–H groups in total. The van der Waals surface area contributed by atoms with Crippen molar-refractivity contribution in [1.82, 2.24) is 0 Å². The molecule has 5 rings (SSSR count). The lowest BCUT2D eigenvalue weighted by Gasteiger charge is -2.22. The summed E-state index contributed by atoms with van der Waals surface area (Å²) >= 11 is 0. The van der Waals surface area contributed by atoms with Gasteiger partial charge in [-0.15, -0.1) is 0 Å². The maximum Gasteiger partial charge on any atom is 0.416 e. The Kier molecular flexibility index (Phi) is 2.44. The van der Waals surface area contributed by atoms with Crippen molar-refractivity contribution in [3.63, 3.8) is 0 Å². The molecule has 1 heterocycles. The molecule has 0 radical (unpaired) electrons. The molecule has 0 unspecified atom stereocenters. The van der Waals surface area contributed by atoms with Crippen molar-refractivity contribution in [3.8, 4) is 0 Å². The van der Waals surface area contributed by atoms with Crippen LogP contribution in [0.3, 0.4) is 0 Å². The van der Waals surface area contributed by atoms with Gasteiger partial charge in [0.15, 0.2) is 0 Å². The Morgan fingerprint density at radius 1 is 1.00 bits per heavy atom. The van der Waals surface area contributed by atoms with E-state index in [0.717, 1.165) is 29.9 Å². The molecule has 4 atom stereocenters. The fourth-order valence-corrected chi connectivity index (χ4v) is 5.15. The van der Waals surface area contributed by atoms with Crippen LogP contribution in [0.1, 0.15) is 18.4 Å². The Balaban J connectivity index is 1.54. The first-order valence-corrected chi connectivity index (χ1v) is 8.08. The van der Waals surface area contributed by atoms with Crippen molar-refractivity contribution in [2.24, 2.45) is 29.1 Å². The Bertz CT molecular complexity index is 775. The second-order valence-electron chi connectivity index (χ2n) is 7.28. The van der Waals surface area contributed by atoms with Gasteiger partial charge in [0.1, 0.15) is 0 Å². The average molecular weight is 333 g/mol. The van der Waals surface area contributed by atoms with E-state index >= 15 is 0 Å². The number of nitrogens with zero attached hydrogens (tertiary/aromatic N) is 1. The number of halogens is 3. The number of amides is 2. The van der Waals surface area contributed by atoms with Gasteiger partial charge < -0.3 is 0 Å². The zero-order valence-electron chi connectivity index (χ0n) is 12.6. The van der Waals surface area contributed by atoms with Gasteiger partial charge in [-0.3, -0.25) is 14.5 Å². The van der Waals surface area contributed by atoms with Gasteiger partial charge >= 0.3 is 6.18 Å². The van der Waals surface area contributed by atoms with Crippen LogP contribution in [-0.2, 0) is 15.8 Å². The van der Waals surface area contributed by atoms with Gasteiger partial charge in [0, 0.05) is 0 Å². The predicted molar refractivity (Wildman–Crippen MR) is 78.7 cm³/mol. The fraction of sp³-hybridized carbons (Fsp3) is 0.444. The lowest BCUT2D eigenvalue weighted by molar-refractivity contribution is -0.137. The largest absolute Gasteiger partial charge is 0.416 e. The lowest BCUT2D eigenvalue weighted by Crippen LogP contribution is -2.34. The van der Waals surface area contributed by atoms with Gasteiger partial charge in [0.05, 0.1) is 23.1 Å². The molecule has 4 aliphatic rings. The molecule has 1 aliphatic heterocycles. The summed E-state index contributed by atoms with van der Waals surface area (Å²) in [5.41, 5.74) is -0.739. The molecule has 0 aromatic heterocycles. The van der Waals surface area contributed by atoms with Gasteiger partial charge in [-0.25, -0.2) is 0 Å². The number of hydrogen-bond acceptors (Lipinski definition) is 2. The lowest BCUT2D eigenvalue weighted by atomic mass is 9.85. The molecule has 2 bridgehead atoms. The number of imide groups is 1. The molecule has 124 valence electrons. The van der Waals surface area contributed by atoms with Crippen LogP contribution in [0.5, 0.6) is 0 Å². The van der Waals surface area contributed by atoms with E-state index in [1.807, 2.05) is 12.2 Å². The van der Waals surface area contributed by atoms with Crippen LogP contribution < -0.4 is 4.90 Å². The molecule has 2 amide bonds. The van der Waals surface area contributed by atoms with E-state index < -0.39 is 23.6 Å². The van der Waals surface area contributed by atoms with Crippen molar-refractivity contribution in [3.05, 3.63) is 42.0 Å². The Labute approximate surface area is 136 Å². The number of carbonyl (C=O) groups is 2. The maximum absolute atomic E-state index is 12.9. The summed E-state index contributed by atoms with van der Waals surface area (Å²) in [6.45, 7) is 0. The van der Waals surface area contributed by atoms with Crippen LogP contribution in [0.2, 0.25) is 0 Å². The zero-order chi connectivity index (χ0) is 16.9. The van der Waals surface area contributed by atoms with Gasteiger partial charge in [0.2, 0.25) is 11.8 Å². The van der Waals surface area contributed by atoms with Gasteiger partial charge in [-0.05, 0) is 48.3 Å². The highest BCUT2D eigenvalue weighted by atomic mass is 19.4. The van der Waals surface area contributed by atoms with Crippen molar-refractivity contribution in [1.29, 1.82) is 0 Å². The Hall–Kier alpha value is -2.11. The van der Waals surface area contributed by atoms with Crippen molar-refractivity contribution in [2.45, 2.75) is 19.0 Å². The van der Waals surface area contributed by atoms with Crippen LogP contribution >= 0.6 is 0 Å². The molecular weight excluding hydrogens is 319 g/mol. The van der Waals surface area contributed by atoms with E-state index in [4.69, 9.17) is 0 Å². The summed E-state index contributed by atoms with van der Waals surface area (Å²) in [6, 6.07) is 4.47. The summed E-state index contributed by atoms with van der Waals surface area (Å²) in [5, 5.41) is 0. The number of fused-ring (bicyclic) bond motifs is 3. The van der Waals surface area contributed by atoms with E-state index in [2.05, 4.69) is 0 Å². The standard InChI is InChI=1S/C18H14F3NO2/c19-18(20,21)9-2-1-3-10(8-9)22-15(23)13-11-4-5-12(14(13)16(22)24)17(11)6-7-17/h1-5,8,11-14H,6-7H2/t11-,12+,13+,14-. The molecule has 1 aromatic rings. The summed E-state index contributed by atoms with van der Waals surface area (Å²) in [4.78, 5) is 26.7. The van der Waals surface area contributed by atoms with Crippen LogP contribution in [0, 0.1) is 29.1 Å². The molecule has 24 heavy (non-hydrogen) atoms. The van der Waals surface area contributed by atoms with Crippen molar-refractivity contribution >= 4 is 17.5 Å². The smallest absolute Gasteiger partial charge is 0.274 e. The van der Waals surface area contributed by atoms with Crippen LogP contribution in [0.15, 0.2) is 36.4 Å². The number of hydrogen-bond donors (Lipinski definition) is 0. The fourth-order valence-electron chi connectivity index (χ4n) is 5.15. The van der Waals surface area contributed by atoms with Crippen LogP contribution in [0.25, 0.3) is 0 Å². The quantitative estimate of drug-likeness (QED) is 0.583. The minimum Gasteiger partial charge on any atom is -0.274 e. The second-order valence-corrected chi connectivity index (χ2v) is 7.28. The molecule has 2 saturated carbocycles. The number of alkyl halides is 3. The predicted octanol–water partition coefficient (Wildman–Crippen LogP) is 3.41. The monoisotopic (exact) mass is 333 g/mol. The van der Waals surface area contributed by atoms with E-state index in [-0.39, 0.29) is 34.8 Å². The molecule has 6 heteroatoms. The van der Waals surface area contributed by atoms with Gasteiger partial charge in [-0.1, -0.05) is 18.2 Å². The third-order valence-electron chi connectivity index (χ3n) is 6.28. The van der Waals surface area contributed by atoms with E-state index in [1.54, 1.807) is 0 Å². The highest BCUT2D eigenvalue weighted by molar-refractivity contribution is 6.23. The van der Waals surface area contributed by atoms with Gasteiger partial charge in [0.25, 0.3) is 0 Å². The van der Waals surface area contributed by atoms with E-state index in [0.29, 0.717) is 0 Å². The number of rotatable bonds is 1. The molecule has 1 aromatic carbocycles. The molecular formula is C18H14F3NO2. The first-order chi connectivity index (χ1) is 11.3. The zero-order valence-corrected chi connectivity index (χ0v) is 12.6. The number of allylic oxidation sites excluding steroid dienone is 2. The number of carbonyl (C=O) groups excluding carboxylic acids is 2. The minimum atomic E-state index is -4.50. The number of anilines is 1. The van der Waals surface area contributed by atoms with E-state index in [1.165, 1.54) is 12.1 Å². The third kappa shape index (κ3) is 1.54. The molecule has 3 nitrogen and oxygen atoms in total. The SMILES string of the molecule is O=C1[C@@H]2[C@H](C(=O)N1c1cccc(C(F)(F)F)c1)[C@@H]1C=C[C@H]2C12CC2. The van der Waals surface area contributed by atoms with Gasteiger partial charge in [-0.2, -0.15) is 13.2 Å². The van der Waals surface area contributed by atoms with Crippen LogP contribution in [-0.4, -0.2) is 11.8 Å². The molecule has 3 aliphatic carbocycles. The summed E-state index contributed by atoms with van der Waals surface area (Å²) in [7, 11) is 0. The third-order valence-corrected chi connectivity index (χ3v) is 6.28. The topological polar surface area (TPSA) is 37.4 Å². The minimum absolute atomic E-state index is 0.0264. The second kappa shape index (κ2) is 4.10. The highest BCUT2D eigenvalue weighted by Crippen LogP contribution is 2.73. The Morgan fingerprint density at radius 3 is 2.08 bits per heavy atom. The molecule has 1 spiro atoms. The van der Waals surface area contributed by atoms with Crippen LogP contribution in [0.4, 0.5) is 18.9 Å². The molecule has 3 fully saturated rings.